The Kier molecular flexibility index (Phi) is 2.64. The van der Waals surface area contributed by atoms with Crippen LogP contribution in [0.15, 0.2) is 51.6 Å². The SMILES string of the molecule is Cc1ccc([SH]2C=CC=C2C(=O)O)cc1. The summed E-state index contributed by atoms with van der Waals surface area (Å²) in [5.74, 6) is -0.813. The van der Waals surface area contributed by atoms with Crippen molar-refractivity contribution >= 4 is 16.9 Å². The van der Waals surface area contributed by atoms with Crippen molar-refractivity contribution in [3.8, 4) is 0 Å². The quantitative estimate of drug-likeness (QED) is 0.752. The van der Waals surface area contributed by atoms with Gasteiger partial charge in [0.25, 0.3) is 0 Å². The number of thiol groups is 1. The third kappa shape index (κ3) is 1.97. The van der Waals surface area contributed by atoms with E-state index in [1.165, 1.54) is 5.56 Å². The normalized spacial score (nSPS) is 21.4. The van der Waals surface area contributed by atoms with Crippen molar-refractivity contribution in [1.29, 1.82) is 0 Å². The van der Waals surface area contributed by atoms with Crippen LogP contribution < -0.4 is 0 Å². The molecule has 0 amide bonds. The molecule has 0 fully saturated rings. The van der Waals surface area contributed by atoms with E-state index in [9.17, 15) is 4.79 Å². The van der Waals surface area contributed by atoms with Crippen molar-refractivity contribution in [2.24, 2.45) is 0 Å². The zero-order valence-electron chi connectivity index (χ0n) is 8.34. The molecule has 1 aromatic rings. The molecule has 0 aliphatic carbocycles. The van der Waals surface area contributed by atoms with Gasteiger partial charge in [-0.3, -0.25) is 0 Å². The van der Waals surface area contributed by atoms with Crippen molar-refractivity contribution in [2.45, 2.75) is 11.8 Å². The molecular weight excluding hydrogens is 208 g/mol. The number of carbonyl (C=O) groups is 1. The van der Waals surface area contributed by atoms with Gasteiger partial charge in [0.2, 0.25) is 0 Å². The molecule has 1 aliphatic rings. The maximum absolute atomic E-state index is 11.0. The number of aliphatic carboxylic acids is 1. The number of carboxylic acid groups (broad SMARTS) is 1. The predicted molar refractivity (Wildman–Crippen MR) is 63.3 cm³/mol. The molecule has 1 aromatic carbocycles. The van der Waals surface area contributed by atoms with Crippen LogP contribution in [0.1, 0.15) is 5.56 Å². The first kappa shape index (κ1) is 10.1. The fourth-order valence-electron chi connectivity index (χ4n) is 1.49. The summed E-state index contributed by atoms with van der Waals surface area (Å²) >= 11 is 0. The molecule has 0 saturated carbocycles. The lowest BCUT2D eigenvalue weighted by Crippen LogP contribution is -1.98. The minimum Gasteiger partial charge on any atom is -0.477 e. The van der Waals surface area contributed by atoms with Crippen LogP contribution in [-0.2, 0) is 4.79 Å². The van der Waals surface area contributed by atoms with Crippen LogP contribution in [0.3, 0.4) is 0 Å². The second-order valence-corrected chi connectivity index (χ2v) is 5.44. The predicted octanol–water partition coefficient (Wildman–Crippen LogP) is 2.85. The second kappa shape index (κ2) is 3.95. The fraction of sp³-hybridized carbons (Fsp3) is 0.0833. The molecule has 15 heavy (non-hydrogen) atoms. The highest BCUT2D eigenvalue weighted by atomic mass is 32.2. The number of allylic oxidation sites excluding steroid dienone is 2. The molecule has 0 bridgehead atoms. The third-order valence-corrected chi connectivity index (χ3v) is 4.46. The van der Waals surface area contributed by atoms with E-state index in [2.05, 4.69) is 0 Å². The Morgan fingerprint density at radius 3 is 2.53 bits per heavy atom. The van der Waals surface area contributed by atoms with Gasteiger partial charge in [-0.1, -0.05) is 23.8 Å². The van der Waals surface area contributed by atoms with Crippen LogP contribution in [0.25, 0.3) is 0 Å². The summed E-state index contributed by atoms with van der Waals surface area (Å²) in [5, 5.41) is 11.0. The molecule has 0 radical (unpaired) electrons. The number of aryl methyl sites for hydroxylation is 1. The molecule has 1 N–H and O–H groups in total. The average Bonchev–Trinajstić information content (AvgIpc) is 2.67. The summed E-state index contributed by atoms with van der Waals surface area (Å²) in [7, 11) is -0.774. The standard InChI is InChI=1S/C12H12O2S/c1-9-4-6-10(7-5-9)15-8-2-3-11(15)12(13)14/h2-8,15H,1H3,(H,13,14). The molecule has 0 aromatic heterocycles. The summed E-state index contributed by atoms with van der Waals surface area (Å²) in [5.41, 5.74) is 1.19. The Bertz CT molecular complexity index is 443. The molecule has 1 aliphatic heterocycles. The van der Waals surface area contributed by atoms with E-state index in [1.807, 2.05) is 42.7 Å². The van der Waals surface area contributed by atoms with E-state index in [0.717, 1.165) is 4.90 Å². The Morgan fingerprint density at radius 2 is 1.93 bits per heavy atom. The van der Waals surface area contributed by atoms with Gasteiger partial charge in [-0.25, -0.2) is 4.79 Å². The van der Waals surface area contributed by atoms with Crippen LogP contribution >= 0.6 is 10.9 Å². The van der Waals surface area contributed by atoms with E-state index in [4.69, 9.17) is 5.11 Å². The van der Waals surface area contributed by atoms with Gasteiger partial charge < -0.3 is 5.11 Å². The largest absolute Gasteiger partial charge is 0.477 e. The second-order valence-electron chi connectivity index (χ2n) is 3.40. The Morgan fingerprint density at radius 1 is 1.27 bits per heavy atom. The molecule has 2 nitrogen and oxygen atoms in total. The average molecular weight is 220 g/mol. The van der Waals surface area contributed by atoms with Gasteiger partial charge in [0, 0.05) is 0 Å². The maximum Gasteiger partial charge on any atom is 0.341 e. The lowest BCUT2D eigenvalue weighted by Gasteiger charge is -2.15. The van der Waals surface area contributed by atoms with Crippen molar-refractivity contribution in [2.75, 3.05) is 0 Å². The van der Waals surface area contributed by atoms with Crippen LogP contribution in [-0.4, -0.2) is 11.1 Å². The molecule has 0 saturated heterocycles. The summed E-state index contributed by atoms with van der Waals surface area (Å²) in [6.07, 6.45) is 3.52. The van der Waals surface area contributed by atoms with E-state index in [1.54, 1.807) is 6.08 Å². The van der Waals surface area contributed by atoms with Crippen LogP contribution in [0.5, 0.6) is 0 Å². The van der Waals surface area contributed by atoms with E-state index in [-0.39, 0.29) is 0 Å². The lowest BCUT2D eigenvalue weighted by molar-refractivity contribution is -0.131. The highest BCUT2D eigenvalue weighted by Crippen LogP contribution is 2.48. The Balaban J connectivity index is 2.32. The van der Waals surface area contributed by atoms with Gasteiger partial charge in [0.05, 0.1) is 4.91 Å². The van der Waals surface area contributed by atoms with Crippen molar-refractivity contribution in [1.82, 2.24) is 0 Å². The van der Waals surface area contributed by atoms with Gasteiger partial charge in [-0.15, -0.1) is 0 Å². The van der Waals surface area contributed by atoms with Crippen molar-refractivity contribution < 1.29 is 9.90 Å². The smallest absolute Gasteiger partial charge is 0.341 e. The van der Waals surface area contributed by atoms with E-state index >= 15 is 0 Å². The summed E-state index contributed by atoms with van der Waals surface area (Å²) in [4.78, 5) is 12.6. The minimum absolute atomic E-state index is 0.508. The molecule has 78 valence electrons. The first-order valence-corrected chi connectivity index (χ1v) is 6.07. The highest BCUT2D eigenvalue weighted by molar-refractivity contribution is 8.23. The van der Waals surface area contributed by atoms with Gasteiger partial charge in [-0.2, -0.15) is 10.9 Å². The number of hydrogen-bond acceptors (Lipinski definition) is 1. The van der Waals surface area contributed by atoms with Crippen LogP contribution in [0.4, 0.5) is 0 Å². The Hall–Kier alpha value is -1.48. The topological polar surface area (TPSA) is 37.3 Å². The Labute approximate surface area is 91.3 Å². The van der Waals surface area contributed by atoms with Gasteiger partial charge in [0.15, 0.2) is 0 Å². The third-order valence-electron chi connectivity index (χ3n) is 2.28. The molecule has 1 atom stereocenters. The number of hydrogen-bond donors (Lipinski definition) is 2. The summed E-state index contributed by atoms with van der Waals surface area (Å²) in [6, 6.07) is 8.05. The molecule has 3 heteroatoms. The molecule has 2 rings (SSSR count). The van der Waals surface area contributed by atoms with Crippen LogP contribution in [0.2, 0.25) is 0 Å². The van der Waals surface area contributed by atoms with Crippen LogP contribution in [0, 0.1) is 6.92 Å². The van der Waals surface area contributed by atoms with Crippen molar-refractivity contribution in [3.63, 3.8) is 0 Å². The monoisotopic (exact) mass is 220 g/mol. The molecule has 1 unspecified atom stereocenters. The van der Waals surface area contributed by atoms with Gasteiger partial charge >= 0.3 is 5.97 Å². The minimum atomic E-state index is -0.813. The maximum atomic E-state index is 11.0. The first-order chi connectivity index (χ1) is 7.18. The van der Waals surface area contributed by atoms with Crippen molar-refractivity contribution in [3.05, 3.63) is 52.3 Å². The molecule has 0 spiro atoms. The highest BCUT2D eigenvalue weighted by Gasteiger charge is 2.18. The number of carboxylic acids is 1. The zero-order chi connectivity index (χ0) is 10.8. The van der Waals surface area contributed by atoms with Gasteiger partial charge in [-0.05, 0) is 35.4 Å². The summed E-state index contributed by atoms with van der Waals surface area (Å²) in [6.45, 7) is 2.02. The first-order valence-electron chi connectivity index (χ1n) is 4.66. The fourth-order valence-corrected chi connectivity index (χ4v) is 3.28. The summed E-state index contributed by atoms with van der Waals surface area (Å²) < 4.78 is 0. The van der Waals surface area contributed by atoms with E-state index in [0.29, 0.717) is 4.91 Å². The number of benzene rings is 1. The van der Waals surface area contributed by atoms with Gasteiger partial charge in [0.1, 0.15) is 0 Å². The lowest BCUT2D eigenvalue weighted by atomic mass is 10.2. The number of rotatable bonds is 2. The molecule has 1 heterocycles. The zero-order valence-corrected chi connectivity index (χ0v) is 9.24. The molecular formula is C12H12O2S. The van der Waals surface area contributed by atoms with E-state index < -0.39 is 16.9 Å².